The van der Waals surface area contributed by atoms with Crippen molar-refractivity contribution in [3.05, 3.63) is 58.7 Å². The molecule has 0 fully saturated rings. The second kappa shape index (κ2) is 6.67. The monoisotopic (exact) mass is 338 g/mol. The van der Waals surface area contributed by atoms with Crippen molar-refractivity contribution in [3.8, 4) is 11.5 Å². The lowest BCUT2D eigenvalue weighted by molar-refractivity contribution is 0.101. The lowest BCUT2D eigenvalue weighted by Gasteiger charge is -2.30. The molecule has 134 valence electrons. The lowest BCUT2D eigenvalue weighted by atomic mass is 9.78. The van der Waals surface area contributed by atoms with Crippen LogP contribution in [-0.4, -0.2) is 5.78 Å². The van der Waals surface area contributed by atoms with Gasteiger partial charge in [-0.2, -0.15) is 0 Å². The second-order valence-electron chi connectivity index (χ2n) is 8.87. The maximum atomic E-state index is 11.5. The third-order valence-corrected chi connectivity index (χ3v) is 4.33. The Balaban J connectivity index is 2.59. The number of benzene rings is 2. The van der Waals surface area contributed by atoms with Gasteiger partial charge in [0.2, 0.25) is 0 Å². The zero-order chi connectivity index (χ0) is 19.0. The molecular formula is C23H30O2. The highest BCUT2D eigenvalue weighted by atomic mass is 16.5. The van der Waals surface area contributed by atoms with Crippen molar-refractivity contribution in [3.63, 3.8) is 0 Å². The minimum atomic E-state index is -0.0271. The SMILES string of the molecule is CC(=O)c1ccc(Oc2c(C(C)(C)C)cc(C)cc2C(C)(C)C)cc1. The molecule has 0 heterocycles. The van der Waals surface area contributed by atoms with E-state index >= 15 is 0 Å². The Morgan fingerprint density at radius 2 is 1.28 bits per heavy atom. The van der Waals surface area contributed by atoms with Gasteiger partial charge in [0.15, 0.2) is 5.78 Å². The van der Waals surface area contributed by atoms with E-state index in [4.69, 9.17) is 4.74 Å². The molecule has 0 aromatic heterocycles. The molecular weight excluding hydrogens is 308 g/mol. The van der Waals surface area contributed by atoms with Crippen LogP contribution in [0.2, 0.25) is 0 Å². The molecule has 2 rings (SSSR count). The van der Waals surface area contributed by atoms with Gasteiger partial charge in [-0.3, -0.25) is 4.79 Å². The minimum absolute atomic E-state index is 0.0271. The van der Waals surface area contributed by atoms with Crippen molar-refractivity contribution in [1.29, 1.82) is 0 Å². The third-order valence-electron chi connectivity index (χ3n) is 4.33. The first-order chi connectivity index (χ1) is 11.4. The van der Waals surface area contributed by atoms with Gasteiger partial charge >= 0.3 is 0 Å². The fourth-order valence-corrected chi connectivity index (χ4v) is 2.87. The van der Waals surface area contributed by atoms with Crippen molar-refractivity contribution >= 4 is 5.78 Å². The summed E-state index contributed by atoms with van der Waals surface area (Å²) >= 11 is 0. The van der Waals surface area contributed by atoms with Gasteiger partial charge < -0.3 is 4.74 Å². The molecule has 2 aromatic carbocycles. The van der Waals surface area contributed by atoms with Gasteiger partial charge in [0.1, 0.15) is 11.5 Å². The number of ketones is 1. The molecule has 2 aromatic rings. The number of aryl methyl sites for hydroxylation is 1. The molecule has 0 saturated carbocycles. The van der Waals surface area contributed by atoms with Crippen molar-refractivity contribution in [2.24, 2.45) is 0 Å². The van der Waals surface area contributed by atoms with Gasteiger partial charge in [0, 0.05) is 16.7 Å². The summed E-state index contributed by atoms with van der Waals surface area (Å²) in [5.74, 6) is 1.75. The zero-order valence-corrected chi connectivity index (χ0v) is 16.8. The van der Waals surface area contributed by atoms with Crippen LogP contribution in [-0.2, 0) is 10.8 Å². The van der Waals surface area contributed by atoms with Crippen LogP contribution in [0.15, 0.2) is 36.4 Å². The fourth-order valence-electron chi connectivity index (χ4n) is 2.87. The average Bonchev–Trinajstić information content (AvgIpc) is 2.47. The Morgan fingerprint density at radius 3 is 1.64 bits per heavy atom. The molecule has 25 heavy (non-hydrogen) atoms. The highest BCUT2D eigenvalue weighted by Gasteiger charge is 2.27. The van der Waals surface area contributed by atoms with Crippen LogP contribution in [0.4, 0.5) is 0 Å². The number of hydrogen-bond donors (Lipinski definition) is 0. The Bertz CT molecular complexity index is 734. The topological polar surface area (TPSA) is 26.3 Å². The Morgan fingerprint density at radius 1 is 0.840 bits per heavy atom. The first kappa shape index (κ1) is 19.2. The average molecular weight is 338 g/mol. The predicted octanol–water partition coefficient (Wildman–Crippen LogP) is 6.58. The maximum absolute atomic E-state index is 11.5. The third kappa shape index (κ3) is 4.50. The second-order valence-corrected chi connectivity index (χ2v) is 8.87. The van der Waals surface area contributed by atoms with Crippen LogP contribution in [0.3, 0.4) is 0 Å². The van der Waals surface area contributed by atoms with Crippen molar-refractivity contribution in [2.75, 3.05) is 0 Å². The summed E-state index contributed by atoms with van der Waals surface area (Å²) in [6, 6.07) is 11.8. The summed E-state index contributed by atoms with van der Waals surface area (Å²) < 4.78 is 6.37. The maximum Gasteiger partial charge on any atom is 0.159 e. The summed E-state index contributed by atoms with van der Waals surface area (Å²) in [6.07, 6.45) is 0. The normalized spacial score (nSPS) is 12.2. The molecule has 0 saturated heterocycles. The highest BCUT2D eigenvalue weighted by molar-refractivity contribution is 5.94. The lowest BCUT2D eigenvalue weighted by Crippen LogP contribution is -2.19. The Labute approximate surface area is 152 Å². The highest BCUT2D eigenvalue weighted by Crippen LogP contribution is 2.42. The van der Waals surface area contributed by atoms with E-state index in [9.17, 15) is 4.79 Å². The quantitative estimate of drug-likeness (QED) is 0.590. The molecule has 0 atom stereocenters. The summed E-state index contributed by atoms with van der Waals surface area (Å²) in [6.45, 7) is 17.0. The largest absolute Gasteiger partial charge is 0.457 e. The summed E-state index contributed by atoms with van der Waals surface area (Å²) in [5, 5.41) is 0. The molecule has 0 amide bonds. The molecule has 0 aliphatic carbocycles. The van der Waals surface area contributed by atoms with Crippen LogP contribution < -0.4 is 4.74 Å². The number of rotatable bonds is 3. The smallest absolute Gasteiger partial charge is 0.159 e. The van der Waals surface area contributed by atoms with E-state index in [1.54, 1.807) is 6.92 Å². The van der Waals surface area contributed by atoms with E-state index in [-0.39, 0.29) is 16.6 Å². The van der Waals surface area contributed by atoms with Gasteiger partial charge in [-0.25, -0.2) is 0 Å². The van der Waals surface area contributed by atoms with Crippen molar-refractivity contribution < 1.29 is 9.53 Å². The number of hydrogen-bond acceptors (Lipinski definition) is 2. The van der Waals surface area contributed by atoms with Crippen molar-refractivity contribution in [1.82, 2.24) is 0 Å². The first-order valence-electron chi connectivity index (χ1n) is 8.84. The van der Waals surface area contributed by atoms with Crippen LogP contribution in [0.5, 0.6) is 11.5 Å². The zero-order valence-electron chi connectivity index (χ0n) is 16.8. The molecule has 0 bridgehead atoms. The van der Waals surface area contributed by atoms with E-state index in [1.165, 1.54) is 16.7 Å². The van der Waals surface area contributed by atoms with Crippen LogP contribution in [0, 0.1) is 6.92 Å². The van der Waals surface area contributed by atoms with Crippen LogP contribution >= 0.6 is 0 Å². The molecule has 0 aliphatic heterocycles. The molecule has 0 N–H and O–H groups in total. The van der Waals surface area contributed by atoms with Crippen molar-refractivity contribution in [2.45, 2.75) is 66.2 Å². The first-order valence-corrected chi connectivity index (χ1v) is 8.84. The van der Waals surface area contributed by atoms with Gasteiger partial charge in [-0.1, -0.05) is 59.2 Å². The molecule has 2 heteroatoms. The molecule has 2 nitrogen and oxygen atoms in total. The summed E-state index contributed by atoms with van der Waals surface area (Å²) in [7, 11) is 0. The van der Waals surface area contributed by atoms with Crippen LogP contribution in [0.1, 0.15) is 75.5 Å². The summed E-state index contributed by atoms with van der Waals surface area (Å²) in [4.78, 5) is 11.5. The number of ether oxygens (including phenoxy) is 1. The number of carbonyl (C=O) groups is 1. The van der Waals surface area contributed by atoms with E-state index < -0.39 is 0 Å². The Hall–Kier alpha value is -2.09. The van der Waals surface area contributed by atoms with Gasteiger partial charge in [0.05, 0.1) is 0 Å². The van der Waals surface area contributed by atoms with E-state index in [0.29, 0.717) is 5.56 Å². The van der Waals surface area contributed by atoms with Gasteiger partial charge in [-0.05, 0) is 48.9 Å². The predicted molar refractivity (Wildman–Crippen MR) is 105 cm³/mol. The van der Waals surface area contributed by atoms with E-state index in [2.05, 4.69) is 60.6 Å². The number of carbonyl (C=O) groups excluding carboxylic acids is 1. The number of Topliss-reactive ketones (excluding diaryl/α,β-unsaturated/α-hetero) is 1. The van der Waals surface area contributed by atoms with E-state index in [1.807, 2.05) is 24.3 Å². The van der Waals surface area contributed by atoms with Crippen LogP contribution in [0.25, 0.3) is 0 Å². The fraction of sp³-hybridized carbons (Fsp3) is 0.435. The molecule has 0 unspecified atom stereocenters. The minimum Gasteiger partial charge on any atom is -0.457 e. The van der Waals surface area contributed by atoms with Gasteiger partial charge in [0.25, 0.3) is 0 Å². The molecule has 0 aliphatic rings. The molecule has 0 radical (unpaired) electrons. The van der Waals surface area contributed by atoms with E-state index in [0.717, 1.165) is 11.5 Å². The van der Waals surface area contributed by atoms with Gasteiger partial charge in [-0.15, -0.1) is 0 Å². The Kier molecular flexibility index (Phi) is 5.13. The molecule has 0 spiro atoms. The summed E-state index contributed by atoms with van der Waals surface area (Å²) in [5.41, 5.74) is 4.29. The standard InChI is InChI=1S/C23H30O2/c1-15-13-19(22(3,4)5)21(20(14-15)23(6,7)8)25-18-11-9-17(10-12-18)16(2)24/h9-14H,1-8H3.